The average Bonchev–Trinajstić information content (AvgIpc) is 2.07. The fourth-order valence-corrected chi connectivity index (χ4v) is 1.59. The van der Waals surface area contributed by atoms with Crippen molar-refractivity contribution in [3.05, 3.63) is 32.8 Å². The Morgan fingerprint density at radius 2 is 1.53 bits per heavy atom. The second-order valence-electron chi connectivity index (χ2n) is 4.26. The van der Waals surface area contributed by atoms with E-state index in [1.807, 2.05) is 20.8 Å². The lowest BCUT2D eigenvalue weighted by Gasteiger charge is -2.20. The van der Waals surface area contributed by atoms with Gasteiger partial charge in [0.05, 0.1) is 22.3 Å². The van der Waals surface area contributed by atoms with Crippen molar-refractivity contribution in [2.24, 2.45) is 0 Å². The van der Waals surface area contributed by atoms with E-state index in [1.54, 1.807) is 12.1 Å². The molecular formula is C11H13Cl3O. The number of hydrogen-bond donors (Lipinski definition) is 0. The second-order valence-corrected chi connectivity index (χ2v) is 5.48. The summed E-state index contributed by atoms with van der Waals surface area (Å²) in [5.74, 6) is 0. The Kier molecular flexibility index (Phi) is 4.30. The molecule has 0 bridgehead atoms. The topological polar surface area (TPSA) is 9.23 Å². The number of rotatable bonds is 2. The standard InChI is InChI=1S/C11H13Cl3O/c1-11(2,3)15-6-7-4-9(13)10(14)5-8(7)12/h4-5H,6H2,1-3H3. The Bertz CT molecular complexity index is 356. The van der Waals surface area contributed by atoms with Crippen LogP contribution in [0.1, 0.15) is 26.3 Å². The van der Waals surface area contributed by atoms with Crippen LogP contribution in [0, 0.1) is 0 Å². The Balaban J connectivity index is 2.82. The maximum absolute atomic E-state index is 6.01. The fourth-order valence-electron chi connectivity index (χ4n) is 0.969. The molecule has 0 fully saturated rings. The van der Waals surface area contributed by atoms with E-state index in [-0.39, 0.29) is 5.60 Å². The van der Waals surface area contributed by atoms with Gasteiger partial charge in [0, 0.05) is 5.02 Å². The third-order valence-electron chi connectivity index (χ3n) is 1.75. The van der Waals surface area contributed by atoms with Gasteiger partial charge in [-0.05, 0) is 38.5 Å². The molecule has 4 heteroatoms. The molecule has 0 spiro atoms. The molecule has 84 valence electrons. The predicted octanol–water partition coefficient (Wildman–Crippen LogP) is 4.96. The minimum atomic E-state index is -0.199. The molecule has 0 atom stereocenters. The van der Waals surface area contributed by atoms with E-state index in [4.69, 9.17) is 39.5 Å². The van der Waals surface area contributed by atoms with Crippen molar-refractivity contribution in [2.45, 2.75) is 33.0 Å². The first-order chi connectivity index (χ1) is 6.79. The molecule has 0 amide bonds. The zero-order chi connectivity index (χ0) is 11.6. The van der Waals surface area contributed by atoms with E-state index in [9.17, 15) is 0 Å². The number of halogens is 3. The van der Waals surface area contributed by atoms with E-state index >= 15 is 0 Å². The molecule has 0 heterocycles. The minimum Gasteiger partial charge on any atom is -0.371 e. The predicted molar refractivity (Wildman–Crippen MR) is 66.0 cm³/mol. The van der Waals surface area contributed by atoms with Crippen molar-refractivity contribution in [3.63, 3.8) is 0 Å². The van der Waals surface area contributed by atoms with Gasteiger partial charge in [-0.3, -0.25) is 0 Å². The van der Waals surface area contributed by atoms with Crippen LogP contribution in [-0.4, -0.2) is 5.60 Å². The Morgan fingerprint density at radius 3 is 2.07 bits per heavy atom. The van der Waals surface area contributed by atoms with Crippen molar-refractivity contribution in [3.8, 4) is 0 Å². The van der Waals surface area contributed by atoms with E-state index in [0.717, 1.165) is 5.56 Å². The minimum absolute atomic E-state index is 0.199. The third-order valence-corrected chi connectivity index (χ3v) is 2.82. The van der Waals surface area contributed by atoms with Crippen LogP contribution in [0.4, 0.5) is 0 Å². The smallest absolute Gasteiger partial charge is 0.0739 e. The lowest BCUT2D eigenvalue weighted by molar-refractivity contribution is -0.0149. The number of hydrogen-bond acceptors (Lipinski definition) is 1. The molecule has 1 aromatic carbocycles. The zero-order valence-electron chi connectivity index (χ0n) is 8.90. The maximum Gasteiger partial charge on any atom is 0.0739 e. The van der Waals surface area contributed by atoms with Gasteiger partial charge in [-0.2, -0.15) is 0 Å². The van der Waals surface area contributed by atoms with Gasteiger partial charge >= 0.3 is 0 Å². The van der Waals surface area contributed by atoms with Gasteiger partial charge in [-0.15, -0.1) is 0 Å². The van der Waals surface area contributed by atoms with Crippen molar-refractivity contribution in [1.82, 2.24) is 0 Å². The van der Waals surface area contributed by atoms with Gasteiger partial charge < -0.3 is 4.74 Å². The van der Waals surface area contributed by atoms with Gasteiger partial charge in [-0.1, -0.05) is 34.8 Å². The van der Waals surface area contributed by atoms with Crippen LogP contribution >= 0.6 is 34.8 Å². The van der Waals surface area contributed by atoms with Crippen molar-refractivity contribution in [1.29, 1.82) is 0 Å². The van der Waals surface area contributed by atoms with E-state index in [1.165, 1.54) is 0 Å². The second kappa shape index (κ2) is 4.92. The SMILES string of the molecule is CC(C)(C)OCc1cc(Cl)c(Cl)cc1Cl. The summed E-state index contributed by atoms with van der Waals surface area (Å²) in [6.45, 7) is 6.38. The first kappa shape index (κ1) is 13.1. The number of benzene rings is 1. The molecule has 0 saturated heterocycles. The van der Waals surface area contributed by atoms with Crippen molar-refractivity contribution in [2.75, 3.05) is 0 Å². The highest BCUT2D eigenvalue weighted by Crippen LogP contribution is 2.29. The molecule has 0 radical (unpaired) electrons. The molecule has 0 unspecified atom stereocenters. The van der Waals surface area contributed by atoms with Crippen molar-refractivity contribution >= 4 is 34.8 Å². The summed E-state index contributed by atoms with van der Waals surface area (Å²) in [4.78, 5) is 0. The van der Waals surface area contributed by atoms with Crippen LogP contribution < -0.4 is 0 Å². The van der Waals surface area contributed by atoms with E-state index < -0.39 is 0 Å². The molecule has 15 heavy (non-hydrogen) atoms. The Labute approximate surface area is 105 Å². The third kappa shape index (κ3) is 4.20. The zero-order valence-corrected chi connectivity index (χ0v) is 11.2. The molecule has 1 aromatic rings. The monoisotopic (exact) mass is 266 g/mol. The van der Waals surface area contributed by atoms with Gasteiger partial charge in [-0.25, -0.2) is 0 Å². The average molecular weight is 268 g/mol. The van der Waals surface area contributed by atoms with Gasteiger partial charge in [0.25, 0.3) is 0 Å². The highest BCUT2D eigenvalue weighted by atomic mass is 35.5. The number of ether oxygens (including phenoxy) is 1. The normalized spacial score (nSPS) is 11.9. The molecule has 0 saturated carbocycles. The highest BCUT2D eigenvalue weighted by Gasteiger charge is 2.12. The fraction of sp³-hybridized carbons (Fsp3) is 0.455. The van der Waals surface area contributed by atoms with Crippen LogP contribution in [0.5, 0.6) is 0 Å². The summed E-state index contributed by atoms with van der Waals surface area (Å²) < 4.78 is 5.60. The molecule has 1 rings (SSSR count). The molecule has 0 aromatic heterocycles. The molecule has 0 N–H and O–H groups in total. The van der Waals surface area contributed by atoms with Crippen LogP contribution in [-0.2, 0) is 11.3 Å². The van der Waals surface area contributed by atoms with Crippen LogP contribution in [0.25, 0.3) is 0 Å². The lowest BCUT2D eigenvalue weighted by atomic mass is 10.2. The van der Waals surface area contributed by atoms with E-state index in [0.29, 0.717) is 21.7 Å². The summed E-state index contributed by atoms with van der Waals surface area (Å²) >= 11 is 17.7. The van der Waals surface area contributed by atoms with Crippen LogP contribution in [0.2, 0.25) is 15.1 Å². The van der Waals surface area contributed by atoms with Gasteiger partial charge in [0.1, 0.15) is 0 Å². The molecular weight excluding hydrogens is 254 g/mol. The summed E-state index contributed by atoms with van der Waals surface area (Å²) in [7, 11) is 0. The largest absolute Gasteiger partial charge is 0.371 e. The first-order valence-corrected chi connectivity index (χ1v) is 5.70. The summed E-state index contributed by atoms with van der Waals surface area (Å²) in [6.07, 6.45) is 0. The Hall–Kier alpha value is 0.0500. The van der Waals surface area contributed by atoms with Crippen molar-refractivity contribution < 1.29 is 4.74 Å². The Morgan fingerprint density at radius 1 is 1.00 bits per heavy atom. The maximum atomic E-state index is 6.01. The molecule has 0 aliphatic rings. The molecule has 0 aliphatic carbocycles. The van der Waals surface area contributed by atoms with Gasteiger partial charge in [0.15, 0.2) is 0 Å². The summed E-state index contributed by atoms with van der Waals surface area (Å²) in [5, 5.41) is 1.53. The summed E-state index contributed by atoms with van der Waals surface area (Å²) in [5.41, 5.74) is 0.649. The molecule has 1 nitrogen and oxygen atoms in total. The highest BCUT2D eigenvalue weighted by molar-refractivity contribution is 6.43. The lowest BCUT2D eigenvalue weighted by Crippen LogP contribution is -2.18. The van der Waals surface area contributed by atoms with Crippen LogP contribution in [0.3, 0.4) is 0 Å². The quantitative estimate of drug-likeness (QED) is 0.688. The van der Waals surface area contributed by atoms with Gasteiger partial charge in [0.2, 0.25) is 0 Å². The van der Waals surface area contributed by atoms with E-state index in [2.05, 4.69) is 0 Å². The summed E-state index contributed by atoms with van der Waals surface area (Å²) in [6, 6.07) is 3.37. The molecule has 0 aliphatic heterocycles. The first-order valence-electron chi connectivity index (χ1n) is 4.57. The van der Waals surface area contributed by atoms with Crippen LogP contribution in [0.15, 0.2) is 12.1 Å².